The van der Waals surface area contributed by atoms with E-state index in [0.717, 1.165) is 13.0 Å². The fraction of sp³-hybridized carbons (Fsp3) is 1.00. The van der Waals surface area contributed by atoms with E-state index < -0.39 is 0 Å². The van der Waals surface area contributed by atoms with E-state index in [2.05, 4.69) is 17.1 Å². The van der Waals surface area contributed by atoms with E-state index in [1.165, 1.54) is 58.3 Å². The van der Waals surface area contributed by atoms with Crippen LogP contribution in [0.15, 0.2) is 0 Å². The van der Waals surface area contributed by atoms with E-state index in [0.29, 0.717) is 12.1 Å². The molecule has 100 valence electrons. The highest BCUT2D eigenvalue weighted by molar-refractivity contribution is 4.76. The zero-order valence-corrected chi connectivity index (χ0v) is 11.3. The van der Waals surface area contributed by atoms with Crippen molar-refractivity contribution in [2.45, 2.75) is 57.6 Å². The fourth-order valence-electron chi connectivity index (χ4n) is 2.97. The molecule has 0 spiro atoms. The smallest absolute Gasteiger partial charge is 0.0587 e. The maximum absolute atomic E-state index is 5.70. The summed E-state index contributed by atoms with van der Waals surface area (Å²) < 4.78 is 5.70. The highest BCUT2D eigenvalue weighted by atomic mass is 16.5. The van der Waals surface area contributed by atoms with Crippen LogP contribution < -0.4 is 5.32 Å². The Kier molecular flexibility index (Phi) is 5.75. The first-order valence-electron chi connectivity index (χ1n) is 7.46. The van der Waals surface area contributed by atoms with Crippen LogP contribution in [0, 0.1) is 0 Å². The number of hydrogen-bond acceptors (Lipinski definition) is 3. The van der Waals surface area contributed by atoms with Gasteiger partial charge in [-0.05, 0) is 64.7 Å². The van der Waals surface area contributed by atoms with Gasteiger partial charge in [0.25, 0.3) is 0 Å². The van der Waals surface area contributed by atoms with Gasteiger partial charge in [-0.2, -0.15) is 0 Å². The minimum absolute atomic E-state index is 0.500. The van der Waals surface area contributed by atoms with Gasteiger partial charge in [0.05, 0.1) is 6.10 Å². The first-order valence-corrected chi connectivity index (χ1v) is 7.46. The summed E-state index contributed by atoms with van der Waals surface area (Å²) in [5.74, 6) is 0. The molecule has 0 aliphatic carbocycles. The molecule has 0 amide bonds. The second-order valence-electron chi connectivity index (χ2n) is 5.48. The van der Waals surface area contributed by atoms with E-state index >= 15 is 0 Å². The van der Waals surface area contributed by atoms with Gasteiger partial charge < -0.3 is 15.0 Å². The van der Waals surface area contributed by atoms with Crippen molar-refractivity contribution < 1.29 is 4.74 Å². The quantitative estimate of drug-likeness (QED) is 0.719. The molecule has 2 aliphatic rings. The van der Waals surface area contributed by atoms with Crippen molar-refractivity contribution in [2.24, 2.45) is 0 Å². The molecule has 0 aromatic carbocycles. The summed E-state index contributed by atoms with van der Waals surface area (Å²) in [6, 6.07) is 0.701. The molecule has 0 radical (unpaired) electrons. The lowest BCUT2D eigenvalue weighted by atomic mass is 10.0. The summed E-state index contributed by atoms with van der Waals surface area (Å²) in [7, 11) is 0. The summed E-state index contributed by atoms with van der Waals surface area (Å²) in [4.78, 5) is 2.60. The maximum Gasteiger partial charge on any atom is 0.0587 e. The minimum atomic E-state index is 0.500. The van der Waals surface area contributed by atoms with Gasteiger partial charge in [0.1, 0.15) is 0 Å². The van der Waals surface area contributed by atoms with Crippen LogP contribution in [0.3, 0.4) is 0 Å². The van der Waals surface area contributed by atoms with Gasteiger partial charge in [-0.15, -0.1) is 0 Å². The van der Waals surface area contributed by atoms with Crippen LogP contribution >= 0.6 is 0 Å². The van der Waals surface area contributed by atoms with Crippen molar-refractivity contribution in [3.63, 3.8) is 0 Å². The molecule has 1 N–H and O–H groups in total. The average Bonchev–Trinajstić information content (AvgIpc) is 2.88. The zero-order valence-electron chi connectivity index (χ0n) is 11.3. The zero-order chi connectivity index (χ0) is 11.9. The van der Waals surface area contributed by atoms with Crippen molar-refractivity contribution in [1.29, 1.82) is 0 Å². The third-order valence-electron chi connectivity index (χ3n) is 4.11. The summed E-state index contributed by atoms with van der Waals surface area (Å²) >= 11 is 0. The van der Waals surface area contributed by atoms with Crippen LogP contribution in [0.2, 0.25) is 0 Å². The molecule has 2 atom stereocenters. The summed E-state index contributed by atoms with van der Waals surface area (Å²) in [6.45, 7) is 8.29. The van der Waals surface area contributed by atoms with Crippen molar-refractivity contribution in [2.75, 3.05) is 32.8 Å². The molecule has 0 bridgehead atoms. The van der Waals surface area contributed by atoms with Crippen molar-refractivity contribution >= 4 is 0 Å². The predicted molar refractivity (Wildman–Crippen MR) is 71.3 cm³/mol. The molecule has 2 rings (SSSR count). The molecule has 2 aliphatic heterocycles. The first kappa shape index (κ1) is 13.3. The number of likely N-dealkylation sites (tertiary alicyclic amines) is 1. The molecular weight excluding hydrogens is 212 g/mol. The Morgan fingerprint density at radius 1 is 1.29 bits per heavy atom. The second-order valence-corrected chi connectivity index (χ2v) is 5.48. The van der Waals surface area contributed by atoms with Gasteiger partial charge in [0.2, 0.25) is 0 Å². The fourth-order valence-corrected chi connectivity index (χ4v) is 2.97. The number of rotatable bonds is 6. The lowest BCUT2D eigenvalue weighted by molar-refractivity contribution is -0.0000526. The molecule has 3 heteroatoms. The van der Waals surface area contributed by atoms with Gasteiger partial charge in [-0.1, -0.05) is 6.92 Å². The van der Waals surface area contributed by atoms with E-state index in [1.54, 1.807) is 0 Å². The molecule has 0 saturated carbocycles. The Hall–Kier alpha value is -0.120. The lowest BCUT2D eigenvalue weighted by Gasteiger charge is -2.29. The molecule has 0 aromatic rings. The van der Waals surface area contributed by atoms with Gasteiger partial charge in [-0.3, -0.25) is 0 Å². The van der Waals surface area contributed by atoms with E-state index in [1.807, 2.05) is 0 Å². The SMILES string of the molecule is CCC1CC(NCCCN2CCCC2)CCO1. The molecule has 17 heavy (non-hydrogen) atoms. The highest BCUT2D eigenvalue weighted by Gasteiger charge is 2.20. The van der Waals surface area contributed by atoms with Crippen molar-refractivity contribution in [3.8, 4) is 0 Å². The first-order chi connectivity index (χ1) is 8.38. The highest BCUT2D eigenvalue weighted by Crippen LogP contribution is 2.16. The largest absolute Gasteiger partial charge is 0.378 e. The summed E-state index contributed by atoms with van der Waals surface area (Å²) in [6.07, 6.45) is 8.18. The Morgan fingerprint density at radius 3 is 2.88 bits per heavy atom. The molecular formula is C14H28N2O. The van der Waals surface area contributed by atoms with Gasteiger partial charge in [-0.25, -0.2) is 0 Å². The van der Waals surface area contributed by atoms with Crippen molar-refractivity contribution in [1.82, 2.24) is 10.2 Å². The minimum Gasteiger partial charge on any atom is -0.378 e. The number of nitrogens with zero attached hydrogens (tertiary/aromatic N) is 1. The molecule has 2 heterocycles. The molecule has 2 fully saturated rings. The van der Waals surface area contributed by atoms with Gasteiger partial charge in [0, 0.05) is 12.6 Å². The number of nitrogens with one attached hydrogen (secondary N) is 1. The van der Waals surface area contributed by atoms with Crippen LogP contribution in [0.1, 0.15) is 45.4 Å². The Labute approximate surface area is 106 Å². The maximum atomic E-state index is 5.70. The van der Waals surface area contributed by atoms with Crippen LogP contribution in [-0.4, -0.2) is 49.8 Å². The topological polar surface area (TPSA) is 24.5 Å². The Bertz CT molecular complexity index is 204. The summed E-state index contributed by atoms with van der Waals surface area (Å²) in [5.41, 5.74) is 0. The predicted octanol–water partition coefficient (Wildman–Crippen LogP) is 2.02. The average molecular weight is 240 g/mol. The standard InChI is InChI=1S/C14H28N2O/c1-2-14-12-13(6-11-17-14)15-7-5-10-16-8-3-4-9-16/h13-15H,2-12H2,1H3. The van der Waals surface area contributed by atoms with Crippen LogP contribution in [0.5, 0.6) is 0 Å². The molecule has 3 nitrogen and oxygen atoms in total. The lowest BCUT2D eigenvalue weighted by Crippen LogP contribution is -2.39. The Morgan fingerprint density at radius 2 is 2.12 bits per heavy atom. The van der Waals surface area contributed by atoms with Gasteiger partial charge >= 0.3 is 0 Å². The van der Waals surface area contributed by atoms with Crippen LogP contribution in [0.4, 0.5) is 0 Å². The van der Waals surface area contributed by atoms with Crippen LogP contribution in [-0.2, 0) is 4.74 Å². The summed E-state index contributed by atoms with van der Waals surface area (Å²) in [5, 5.41) is 3.70. The Balaban J connectivity index is 1.52. The monoisotopic (exact) mass is 240 g/mol. The molecule has 2 unspecified atom stereocenters. The number of ether oxygens (including phenoxy) is 1. The normalized spacial score (nSPS) is 30.9. The molecule has 0 aromatic heterocycles. The van der Waals surface area contributed by atoms with Crippen LogP contribution in [0.25, 0.3) is 0 Å². The van der Waals surface area contributed by atoms with Gasteiger partial charge in [0.15, 0.2) is 0 Å². The number of hydrogen-bond donors (Lipinski definition) is 1. The van der Waals surface area contributed by atoms with E-state index in [9.17, 15) is 0 Å². The van der Waals surface area contributed by atoms with E-state index in [-0.39, 0.29) is 0 Å². The third-order valence-corrected chi connectivity index (χ3v) is 4.11. The molecule has 2 saturated heterocycles. The third kappa shape index (κ3) is 4.57. The second kappa shape index (κ2) is 7.34. The van der Waals surface area contributed by atoms with E-state index in [4.69, 9.17) is 4.74 Å². The van der Waals surface area contributed by atoms with Crippen molar-refractivity contribution in [3.05, 3.63) is 0 Å².